The number of nitrogens with one attached hydrogen (secondary N) is 2. The third kappa shape index (κ3) is 6.65. The first kappa shape index (κ1) is 24.0. The third-order valence-corrected chi connectivity index (χ3v) is 6.42. The molecular formula is C22H28N4O4S2. The first-order valence-corrected chi connectivity index (χ1v) is 12.6. The molecule has 1 heterocycles. The Morgan fingerprint density at radius 3 is 2.12 bits per heavy atom. The Bertz CT molecular complexity index is 1050. The van der Waals surface area contributed by atoms with Crippen molar-refractivity contribution in [2.24, 2.45) is 0 Å². The lowest BCUT2D eigenvalue weighted by molar-refractivity contribution is 0.0977. The molecule has 0 saturated carbocycles. The Morgan fingerprint density at radius 1 is 1.00 bits per heavy atom. The van der Waals surface area contributed by atoms with E-state index in [4.69, 9.17) is 17.0 Å². The molecule has 0 atom stereocenters. The lowest BCUT2D eigenvalue weighted by Gasteiger charge is -2.34. The summed E-state index contributed by atoms with van der Waals surface area (Å²) >= 11 is 5.26. The normalized spacial score (nSPS) is 14.8. The fourth-order valence-electron chi connectivity index (χ4n) is 3.33. The zero-order valence-corrected chi connectivity index (χ0v) is 20.0. The van der Waals surface area contributed by atoms with E-state index in [0.29, 0.717) is 37.5 Å². The number of ether oxygens (including phenoxy) is 1. The highest BCUT2D eigenvalue weighted by atomic mass is 32.2. The summed E-state index contributed by atoms with van der Waals surface area (Å²) in [6, 6.07) is 14.5. The summed E-state index contributed by atoms with van der Waals surface area (Å²) in [6.45, 7) is 6.09. The molecule has 1 saturated heterocycles. The highest BCUT2D eigenvalue weighted by molar-refractivity contribution is 7.88. The second-order valence-corrected chi connectivity index (χ2v) is 10.2. The number of carbonyl (C=O) groups is 1. The Balaban J connectivity index is 1.51. The van der Waals surface area contributed by atoms with Crippen LogP contribution >= 0.6 is 12.2 Å². The van der Waals surface area contributed by atoms with Crippen molar-refractivity contribution in [2.45, 2.75) is 20.0 Å². The molecule has 1 fully saturated rings. The van der Waals surface area contributed by atoms with E-state index in [2.05, 4.69) is 15.5 Å². The monoisotopic (exact) mass is 476 g/mol. The van der Waals surface area contributed by atoms with E-state index >= 15 is 0 Å². The summed E-state index contributed by atoms with van der Waals surface area (Å²) in [5.74, 6) is 0.397. The molecule has 172 valence electrons. The molecule has 0 radical (unpaired) electrons. The molecule has 10 heteroatoms. The minimum atomic E-state index is -3.15. The van der Waals surface area contributed by atoms with Crippen molar-refractivity contribution >= 4 is 44.6 Å². The van der Waals surface area contributed by atoms with Crippen LogP contribution in [0.25, 0.3) is 0 Å². The van der Waals surface area contributed by atoms with Gasteiger partial charge in [0, 0.05) is 43.1 Å². The molecule has 0 spiro atoms. The second-order valence-electron chi connectivity index (χ2n) is 7.80. The molecule has 2 aromatic carbocycles. The highest BCUT2D eigenvalue weighted by Crippen LogP contribution is 2.20. The van der Waals surface area contributed by atoms with Gasteiger partial charge in [0.25, 0.3) is 5.91 Å². The van der Waals surface area contributed by atoms with E-state index in [1.165, 1.54) is 10.6 Å². The molecule has 0 aliphatic carbocycles. The number of sulfonamides is 1. The van der Waals surface area contributed by atoms with E-state index in [-0.39, 0.29) is 17.1 Å². The van der Waals surface area contributed by atoms with Crippen molar-refractivity contribution in [3.05, 3.63) is 54.1 Å². The van der Waals surface area contributed by atoms with Gasteiger partial charge < -0.3 is 15.0 Å². The first-order chi connectivity index (χ1) is 15.1. The molecule has 0 bridgehead atoms. The molecule has 8 nitrogen and oxygen atoms in total. The van der Waals surface area contributed by atoms with Crippen LogP contribution in [-0.4, -0.2) is 62.3 Å². The lowest BCUT2D eigenvalue weighted by atomic mass is 10.2. The fourth-order valence-corrected chi connectivity index (χ4v) is 4.37. The Kier molecular flexibility index (Phi) is 7.70. The summed E-state index contributed by atoms with van der Waals surface area (Å²) in [4.78, 5) is 14.5. The maximum atomic E-state index is 12.4. The summed E-state index contributed by atoms with van der Waals surface area (Å²) in [5, 5.41) is 5.88. The predicted octanol–water partition coefficient (Wildman–Crippen LogP) is 2.68. The van der Waals surface area contributed by atoms with Gasteiger partial charge in [-0.15, -0.1) is 0 Å². The number of carbonyl (C=O) groups excluding carboxylic acids is 1. The topological polar surface area (TPSA) is 91.0 Å². The minimum Gasteiger partial charge on any atom is -0.491 e. The minimum absolute atomic E-state index is 0.0648. The molecule has 2 N–H and O–H groups in total. The van der Waals surface area contributed by atoms with E-state index < -0.39 is 10.0 Å². The molecule has 1 aliphatic rings. The number of rotatable bonds is 6. The average molecular weight is 477 g/mol. The van der Waals surface area contributed by atoms with E-state index in [1.54, 1.807) is 24.3 Å². The molecule has 32 heavy (non-hydrogen) atoms. The average Bonchev–Trinajstić information content (AvgIpc) is 2.74. The number of thiocarbonyl (C=S) groups is 1. The van der Waals surface area contributed by atoms with E-state index in [1.807, 2.05) is 38.1 Å². The fraction of sp³-hybridized carbons (Fsp3) is 0.364. The quantitative estimate of drug-likeness (QED) is 0.620. The SMILES string of the molecule is CC(C)Oc1ccc(C(=O)NC(=S)Nc2ccc(N3CCN(S(C)(=O)=O)CC3)cc2)cc1. The lowest BCUT2D eigenvalue weighted by Crippen LogP contribution is -2.48. The van der Waals surface area contributed by atoms with Crippen LogP contribution in [0.3, 0.4) is 0 Å². The molecule has 0 unspecified atom stereocenters. The number of amides is 1. The Hall–Kier alpha value is -2.69. The zero-order valence-electron chi connectivity index (χ0n) is 18.4. The van der Waals surface area contributed by atoms with Crippen LogP contribution in [-0.2, 0) is 10.0 Å². The smallest absolute Gasteiger partial charge is 0.257 e. The molecule has 1 aliphatic heterocycles. The maximum absolute atomic E-state index is 12.4. The van der Waals surface area contributed by atoms with Gasteiger partial charge in [0.15, 0.2) is 5.11 Å². The summed E-state index contributed by atoms with van der Waals surface area (Å²) in [7, 11) is -3.15. The van der Waals surface area contributed by atoms with Crippen molar-refractivity contribution in [2.75, 3.05) is 42.7 Å². The van der Waals surface area contributed by atoms with Crippen LogP contribution in [0.2, 0.25) is 0 Å². The number of anilines is 2. The summed E-state index contributed by atoms with van der Waals surface area (Å²) in [6.07, 6.45) is 1.30. The number of benzene rings is 2. The van der Waals surface area contributed by atoms with Crippen molar-refractivity contribution in [3.63, 3.8) is 0 Å². The Labute approximate surface area is 194 Å². The number of hydrogen-bond donors (Lipinski definition) is 2. The molecule has 1 amide bonds. The Morgan fingerprint density at radius 2 is 1.59 bits per heavy atom. The maximum Gasteiger partial charge on any atom is 0.257 e. The van der Waals surface area contributed by atoms with Gasteiger partial charge in [0.2, 0.25) is 10.0 Å². The molecule has 3 rings (SSSR count). The van der Waals surface area contributed by atoms with Crippen molar-refractivity contribution in [1.29, 1.82) is 0 Å². The summed E-state index contributed by atoms with van der Waals surface area (Å²) < 4.78 is 30.4. The molecule has 0 aromatic heterocycles. The van der Waals surface area contributed by atoms with Crippen molar-refractivity contribution in [1.82, 2.24) is 9.62 Å². The van der Waals surface area contributed by atoms with Gasteiger partial charge in [0.05, 0.1) is 12.4 Å². The van der Waals surface area contributed by atoms with Crippen LogP contribution in [0.1, 0.15) is 24.2 Å². The van der Waals surface area contributed by atoms with Crippen LogP contribution in [0.15, 0.2) is 48.5 Å². The van der Waals surface area contributed by atoms with Crippen LogP contribution in [0, 0.1) is 0 Å². The van der Waals surface area contributed by atoms with Crippen LogP contribution < -0.4 is 20.3 Å². The van der Waals surface area contributed by atoms with Gasteiger partial charge in [-0.2, -0.15) is 4.31 Å². The van der Waals surface area contributed by atoms with Gasteiger partial charge in [0.1, 0.15) is 5.75 Å². The number of nitrogens with zero attached hydrogens (tertiary/aromatic N) is 2. The van der Waals surface area contributed by atoms with Crippen LogP contribution in [0.5, 0.6) is 5.75 Å². The van der Waals surface area contributed by atoms with Gasteiger partial charge in [-0.3, -0.25) is 10.1 Å². The zero-order chi connectivity index (χ0) is 23.3. The van der Waals surface area contributed by atoms with Gasteiger partial charge in [-0.1, -0.05) is 0 Å². The van der Waals surface area contributed by atoms with Crippen molar-refractivity contribution < 1.29 is 17.9 Å². The van der Waals surface area contributed by atoms with Crippen molar-refractivity contribution in [3.8, 4) is 5.75 Å². The second kappa shape index (κ2) is 10.3. The van der Waals surface area contributed by atoms with E-state index in [0.717, 1.165) is 11.4 Å². The number of hydrogen-bond acceptors (Lipinski definition) is 6. The standard InChI is InChI=1S/C22H28N4O4S2/c1-16(2)30-20-10-4-17(5-11-20)21(27)24-22(31)23-18-6-8-19(9-7-18)25-12-14-26(15-13-25)32(3,28)29/h4-11,16H,12-15H2,1-3H3,(H2,23,24,27,31). The highest BCUT2D eigenvalue weighted by Gasteiger charge is 2.23. The van der Waals surface area contributed by atoms with Crippen LogP contribution in [0.4, 0.5) is 11.4 Å². The van der Waals surface area contributed by atoms with Gasteiger partial charge in [-0.25, -0.2) is 8.42 Å². The predicted molar refractivity (Wildman–Crippen MR) is 131 cm³/mol. The molecular weight excluding hydrogens is 448 g/mol. The molecule has 2 aromatic rings. The first-order valence-electron chi connectivity index (χ1n) is 10.3. The summed E-state index contributed by atoms with van der Waals surface area (Å²) in [5.41, 5.74) is 2.23. The van der Waals surface area contributed by atoms with Gasteiger partial charge >= 0.3 is 0 Å². The largest absolute Gasteiger partial charge is 0.491 e. The number of piperazine rings is 1. The van der Waals surface area contributed by atoms with Gasteiger partial charge in [-0.05, 0) is 74.6 Å². The third-order valence-electron chi connectivity index (χ3n) is 4.91. The van der Waals surface area contributed by atoms with E-state index in [9.17, 15) is 13.2 Å².